The van der Waals surface area contributed by atoms with Crippen molar-refractivity contribution in [1.29, 1.82) is 0 Å². The number of rotatable bonds is 4. The third-order valence-electron chi connectivity index (χ3n) is 3.80. The number of imidazole rings is 1. The van der Waals surface area contributed by atoms with Gasteiger partial charge in [0, 0.05) is 34.6 Å². The van der Waals surface area contributed by atoms with Gasteiger partial charge >= 0.3 is 0 Å². The number of fused-ring (bicyclic) bond motifs is 1. The minimum Gasteiger partial charge on any atom is -0.326 e. The van der Waals surface area contributed by atoms with Crippen molar-refractivity contribution in [2.45, 2.75) is 20.4 Å². The lowest BCUT2D eigenvalue weighted by Gasteiger charge is -2.14. The van der Waals surface area contributed by atoms with E-state index in [1.54, 1.807) is 22.7 Å². The maximum Gasteiger partial charge on any atom is 0.235 e. The molecule has 0 fully saturated rings. The molecule has 0 bridgehead atoms. The molecule has 0 aliphatic heterocycles. The maximum absolute atomic E-state index is 11.0. The highest BCUT2D eigenvalue weighted by molar-refractivity contribution is 6.36. The molecule has 0 aliphatic carbocycles. The molecule has 0 atom stereocenters. The van der Waals surface area contributed by atoms with Gasteiger partial charge in [0.15, 0.2) is 6.29 Å². The molecule has 2 aromatic heterocycles. The van der Waals surface area contributed by atoms with E-state index < -0.39 is 0 Å². The van der Waals surface area contributed by atoms with Crippen LogP contribution in [-0.4, -0.2) is 34.2 Å². The van der Waals surface area contributed by atoms with Crippen LogP contribution >= 0.6 is 23.2 Å². The van der Waals surface area contributed by atoms with Gasteiger partial charge in [0.2, 0.25) is 5.78 Å². The van der Waals surface area contributed by atoms with Crippen LogP contribution in [0.2, 0.25) is 10.0 Å². The molecule has 138 valence electrons. The SMILES string of the molecule is CCNC.Cc1nc2nc(C=O)cn2c(-c2ccc(Cl)cc2Cl)c1CN. The zero-order valence-electron chi connectivity index (χ0n) is 14.9. The van der Waals surface area contributed by atoms with Crippen molar-refractivity contribution < 1.29 is 4.79 Å². The molecule has 3 rings (SSSR count). The molecule has 0 radical (unpaired) electrons. The van der Waals surface area contributed by atoms with E-state index in [9.17, 15) is 4.79 Å². The summed E-state index contributed by atoms with van der Waals surface area (Å²) in [6, 6.07) is 5.23. The van der Waals surface area contributed by atoms with Crippen LogP contribution in [0.4, 0.5) is 0 Å². The Hall–Kier alpha value is -1.99. The maximum atomic E-state index is 11.0. The standard InChI is InChI=1S/C15H12Cl2N4O.C3H9N/c1-8-12(5-18)14(11-3-2-9(16)4-13(11)17)21-6-10(7-22)20-15(21)19-8;1-3-4-2/h2-4,6-7H,5,18H2,1H3;4H,3H2,1-2H3. The van der Waals surface area contributed by atoms with Crippen LogP contribution in [0, 0.1) is 6.92 Å². The molecule has 1 aromatic carbocycles. The zero-order valence-corrected chi connectivity index (χ0v) is 16.4. The average molecular weight is 394 g/mol. The van der Waals surface area contributed by atoms with E-state index in [4.69, 9.17) is 28.9 Å². The predicted octanol–water partition coefficient (Wildman–Crippen LogP) is 3.51. The first-order valence-corrected chi connectivity index (χ1v) is 8.86. The summed E-state index contributed by atoms with van der Waals surface area (Å²) in [6.45, 7) is 5.28. The third-order valence-corrected chi connectivity index (χ3v) is 4.35. The van der Waals surface area contributed by atoms with Gasteiger partial charge in [-0.1, -0.05) is 30.1 Å². The summed E-state index contributed by atoms with van der Waals surface area (Å²) in [5, 5.41) is 3.97. The number of nitrogens with two attached hydrogens (primary N) is 1. The number of hydrogen-bond acceptors (Lipinski definition) is 5. The van der Waals surface area contributed by atoms with Crippen molar-refractivity contribution in [3.05, 3.63) is 51.4 Å². The first-order chi connectivity index (χ1) is 12.5. The molecule has 26 heavy (non-hydrogen) atoms. The van der Waals surface area contributed by atoms with Crippen molar-refractivity contribution in [2.75, 3.05) is 13.6 Å². The molecule has 0 saturated carbocycles. The molecule has 3 N–H and O–H groups in total. The van der Waals surface area contributed by atoms with Gasteiger partial charge in [0.25, 0.3) is 0 Å². The van der Waals surface area contributed by atoms with E-state index in [1.165, 1.54) is 0 Å². The number of aryl methyl sites for hydroxylation is 1. The Bertz CT molecular complexity index is 922. The van der Waals surface area contributed by atoms with E-state index in [0.717, 1.165) is 29.1 Å². The molecule has 0 unspecified atom stereocenters. The summed E-state index contributed by atoms with van der Waals surface area (Å²) >= 11 is 12.3. The van der Waals surface area contributed by atoms with Crippen LogP contribution in [0.25, 0.3) is 17.0 Å². The zero-order chi connectivity index (χ0) is 19.3. The fourth-order valence-electron chi connectivity index (χ4n) is 2.44. The minimum absolute atomic E-state index is 0.289. The molecule has 0 saturated heterocycles. The topological polar surface area (TPSA) is 85.3 Å². The summed E-state index contributed by atoms with van der Waals surface area (Å²) in [5.74, 6) is 0.429. The quantitative estimate of drug-likeness (QED) is 0.662. The summed E-state index contributed by atoms with van der Waals surface area (Å²) in [7, 11) is 1.93. The summed E-state index contributed by atoms with van der Waals surface area (Å²) in [5.41, 5.74) is 9.31. The van der Waals surface area contributed by atoms with Gasteiger partial charge in [-0.3, -0.25) is 9.20 Å². The summed E-state index contributed by atoms with van der Waals surface area (Å²) in [6.07, 6.45) is 2.30. The number of carbonyl (C=O) groups is 1. The lowest BCUT2D eigenvalue weighted by atomic mass is 10.0. The second-order valence-electron chi connectivity index (χ2n) is 5.51. The predicted molar refractivity (Wildman–Crippen MR) is 106 cm³/mol. The first-order valence-electron chi connectivity index (χ1n) is 8.10. The van der Waals surface area contributed by atoms with E-state index in [-0.39, 0.29) is 6.54 Å². The highest BCUT2D eigenvalue weighted by Gasteiger charge is 2.17. The number of hydrogen-bond donors (Lipinski definition) is 2. The number of benzene rings is 1. The van der Waals surface area contributed by atoms with Crippen LogP contribution in [-0.2, 0) is 6.54 Å². The van der Waals surface area contributed by atoms with Gasteiger partial charge in [-0.2, -0.15) is 0 Å². The number of halogens is 2. The van der Waals surface area contributed by atoms with Crippen molar-refractivity contribution >= 4 is 35.3 Å². The first kappa shape index (κ1) is 20.3. The molecule has 2 heterocycles. The van der Waals surface area contributed by atoms with Gasteiger partial charge in [-0.05, 0) is 38.7 Å². The van der Waals surface area contributed by atoms with Gasteiger partial charge in [-0.25, -0.2) is 9.97 Å². The molecular weight excluding hydrogens is 373 g/mol. The molecule has 3 aromatic rings. The fourth-order valence-corrected chi connectivity index (χ4v) is 2.94. The van der Waals surface area contributed by atoms with Crippen molar-refractivity contribution in [3.63, 3.8) is 0 Å². The summed E-state index contributed by atoms with van der Waals surface area (Å²) in [4.78, 5) is 19.6. The normalized spacial score (nSPS) is 10.5. The lowest BCUT2D eigenvalue weighted by Crippen LogP contribution is -2.08. The Morgan fingerprint density at radius 2 is 2.00 bits per heavy atom. The van der Waals surface area contributed by atoms with E-state index >= 15 is 0 Å². The Kier molecular flexibility index (Phi) is 7.11. The molecule has 0 aliphatic rings. The average Bonchev–Trinajstić information content (AvgIpc) is 3.04. The van der Waals surface area contributed by atoms with Crippen molar-refractivity contribution in [1.82, 2.24) is 19.7 Å². The van der Waals surface area contributed by atoms with Crippen LogP contribution < -0.4 is 11.1 Å². The number of aromatic nitrogens is 3. The van der Waals surface area contributed by atoms with Gasteiger partial charge < -0.3 is 11.1 Å². The molecule has 8 heteroatoms. The largest absolute Gasteiger partial charge is 0.326 e. The highest BCUT2D eigenvalue weighted by atomic mass is 35.5. The monoisotopic (exact) mass is 393 g/mol. The number of carbonyl (C=O) groups excluding carboxylic acids is 1. The lowest BCUT2D eigenvalue weighted by molar-refractivity contribution is 0.111. The second kappa shape index (κ2) is 9.09. The Morgan fingerprint density at radius 3 is 2.54 bits per heavy atom. The molecule has 6 nitrogen and oxygen atoms in total. The van der Waals surface area contributed by atoms with E-state index in [0.29, 0.717) is 27.8 Å². The smallest absolute Gasteiger partial charge is 0.235 e. The van der Waals surface area contributed by atoms with Gasteiger partial charge in [0.05, 0.1) is 10.7 Å². The number of nitrogens with zero attached hydrogens (tertiary/aromatic N) is 3. The molecular formula is C18H21Cl2N5O. The van der Waals surface area contributed by atoms with Gasteiger partial charge in [0.1, 0.15) is 5.69 Å². The van der Waals surface area contributed by atoms with Gasteiger partial charge in [-0.15, -0.1) is 0 Å². The van der Waals surface area contributed by atoms with E-state index in [1.807, 2.05) is 20.0 Å². The van der Waals surface area contributed by atoms with Crippen molar-refractivity contribution in [2.24, 2.45) is 5.73 Å². The fraction of sp³-hybridized carbons (Fsp3) is 0.278. The highest BCUT2D eigenvalue weighted by Crippen LogP contribution is 2.33. The summed E-state index contributed by atoms with van der Waals surface area (Å²) < 4.78 is 1.73. The molecule has 0 spiro atoms. The minimum atomic E-state index is 0.289. The van der Waals surface area contributed by atoms with Crippen LogP contribution in [0.3, 0.4) is 0 Å². The van der Waals surface area contributed by atoms with Crippen LogP contribution in [0.1, 0.15) is 28.7 Å². The third kappa shape index (κ3) is 4.22. The Balaban J connectivity index is 0.000000552. The Morgan fingerprint density at radius 1 is 1.31 bits per heavy atom. The molecule has 0 amide bonds. The number of aldehydes is 1. The number of nitrogens with one attached hydrogen (secondary N) is 1. The van der Waals surface area contributed by atoms with Crippen LogP contribution in [0.15, 0.2) is 24.4 Å². The Labute approximate surface area is 162 Å². The van der Waals surface area contributed by atoms with Crippen LogP contribution in [0.5, 0.6) is 0 Å². The van der Waals surface area contributed by atoms with E-state index in [2.05, 4.69) is 22.2 Å². The van der Waals surface area contributed by atoms with Crippen molar-refractivity contribution in [3.8, 4) is 11.3 Å². The second-order valence-corrected chi connectivity index (χ2v) is 6.36.